The van der Waals surface area contributed by atoms with Crippen molar-refractivity contribution in [2.75, 3.05) is 0 Å². The molecule has 0 spiro atoms. The third-order valence-corrected chi connectivity index (χ3v) is 5.30. The predicted molar refractivity (Wildman–Crippen MR) is 90.1 cm³/mol. The molecule has 25 heavy (non-hydrogen) atoms. The molecule has 2 fully saturated rings. The Morgan fingerprint density at radius 1 is 1.12 bits per heavy atom. The lowest BCUT2D eigenvalue weighted by molar-refractivity contribution is 0.0739. The Kier molecular flexibility index (Phi) is 3.80. The first-order valence-electron chi connectivity index (χ1n) is 8.70. The maximum atomic E-state index is 14.9. The molecule has 4 rings (SSSR count). The van der Waals surface area contributed by atoms with Crippen LogP contribution in [-0.4, -0.2) is 16.2 Å². The summed E-state index contributed by atoms with van der Waals surface area (Å²) in [5, 5.41) is 10.3. The molecule has 3 nitrogen and oxygen atoms in total. The summed E-state index contributed by atoms with van der Waals surface area (Å²) in [6.07, 6.45) is 3.71. The monoisotopic (exact) mass is 345 g/mol. The van der Waals surface area contributed by atoms with E-state index in [1.54, 1.807) is 0 Å². The zero-order chi connectivity index (χ0) is 17.8. The van der Waals surface area contributed by atoms with E-state index in [2.05, 4.69) is 4.98 Å². The molecule has 0 saturated heterocycles. The van der Waals surface area contributed by atoms with Gasteiger partial charge in [0.2, 0.25) is 5.88 Å². The van der Waals surface area contributed by atoms with Crippen LogP contribution in [0.25, 0.3) is 11.3 Å². The van der Waals surface area contributed by atoms with Crippen LogP contribution in [0.2, 0.25) is 0 Å². The van der Waals surface area contributed by atoms with E-state index in [9.17, 15) is 13.9 Å². The molecule has 2 saturated carbocycles. The first-order valence-corrected chi connectivity index (χ1v) is 8.70. The van der Waals surface area contributed by atoms with Crippen LogP contribution in [-0.2, 0) is 5.60 Å². The highest BCUT2D eigenvalue weighted by molar-refractivity contribution is 5.62. The molecule has 1 aromatic heterocycles. The third kappa shape index (κ3) is 3.01. The Morgan fingerprint density at radius 2 is 1.76 bits per heavy atom. The number of rotatable bonds is 4. The van der Waals surface area contributed by atoms with Gasteiger partial charge in [0.15, 0.2) is 5.82 Å². The van der Waals surface area contributed by atoms with E-state index in [0.29, 0.717) is 23.3 Å². The highest BCUT2D eigenvalue weighted by Gasteiger charge is 2.55. The van der Waals surface area contributed by atoms with E-state index in [0.717, 1.165) is 0 Å². The van der Waals surface area contributed by atoms with Crippen molar-refractivity contribution in [3.05, 3.63) is 47.5 Å². The van der Waals surface area contributed by atoms with Gasteiger partial charge in [-0.2, -0.15) is 0 Å². The number of aliphatic hydroxyl groups is 1. The minimum atomic E-state index is -1.38. The van der Waals surface area contributed by atoms with E-state index in [1.165, 1.54) is 63.4 Å². The van der Waals surface area contributed by atoms with Gasteiger partial charge in [0.25, 0.3) is 0 Å². The molecular weight excluding hydrogens is 324 g/mol. The third-order valence-electron chi connectivity index (χ3n) is 5.30. The molecule has 2 aliphatic carbocycles. The lowest BCUT2D eigenvalue weighted by atomic mass is 9.96. The zero-order valence-corrected chi connectivity index (χ0v) is 14.3. The fourth-order valence-corrected chi connectivity index (χ4v) is 3.88. The Bertz CT molecular complexity index is 789. The van der Waals surface area contributed by atoms with E-state index in [-0.39, 0.29) is 17.4 Å². The second-order valence-corrected chi connectivity index (χ2v) is 7.58. The average molecular weight is 345 g/mol. The molecule has 0 amide bonds. The van der Waals surface area contributed by atoms with Crippen LogP contribution in [0.15, 0.2) is 30.3 Å². The van der Waals surface area contributed by atoms with Gasteiger partial charge in [-0.1, -0.05) is 6.42 Å². The van der Waals surface area contributed by atoms with Gasteiger partial charge in [0.1, 0.15) is 17.6 Å². The predicted octanol–water partition coefficient (Wildman–Crippen LogP) is 4.43. The van der Waals surface area contributed by atoms with Crippen LogP contribution in [0.3, 0.4) is 0 Å². The van der Waals surface area contributed by atoms with Crippen molar-refractivity contribution in [3.8, 4) is 17.1 Å². The van der Waals surface area contributed by atoms with Crippen molar-refractivity contribution >= 4 is 0 Å². The number of nitrogens with zero attached hydrogens (tertiary/aromatic N) is 1. The summed E-state index contributed by atoms with van der Waals surface area (Å²) in [5.41, 5.74) is -0.729. The summed E-state index contributed by atoms with van der Waals surface area (Å²) in [4.78, 5) is 4.32. The van der Waals surface area contributed by atoms with Crippen LogP contribution < -0.4 is 4.74 Å². The Morgan fingerprint density at radius 3 is 2.36 bits per heavy atom. The minimum Gasteiger partial charge on any atom is -0.474 e. The number of pyridine rings is 1. The lowest BCUT2D eigenvalue weighted by Gasteiger charge is -2.21. The number of aromatic nitrogens is 1. The van der Waals surface area contributed by atoms with Gasteiger partial charge < -0.3 is 9.84 Å². The fourth-order valence-electron chi connectivity index (χ4n) is 3.88. The van der Waals surface area contributed by atoms with Crippen molar-refractivity contribution in [1.29, 1.82) is 0 Å². The Labute approximate surface area is 145 Å². The molecule has 2 aromatic rings. The van der Waals surface area contributed by atoms with E-state index in [4.69, 9.17) is 4.74 Å². The van der Waals surface area contributed by atoms with Crippen LogP contribution >= 0.6 is 0 Å². The Hall–Kier alpha value is -2.01. The summed E-state index contributed by atoms with van der Waals surface area (Å²) < 4.78 is 34.1. The minimum absolute atomic E-state index is 0.0698. The van der Waals surface area contributed by atoms with Crippen molar-refractivity contribution < 1.29 is 18.6 Å². The summed E-state index contributed by atoms with van der Waals surface area (Å²) in [5.74, 6) is 0.461. The lowest BCUT2D eigenvalue weighted by Crippen LogP contribution is -2.19. The first-order chi connectivity index (χ1) is 11.8. The summed E-state index contributed by atoms with van der Waals surface area (Å²) in [6, 6.07) is 6.96. The molecule has 5 heteroatoms. The van der Waals surface area contributed by atoms with Gasteiger partial charge in [-0.25, -0.2) is 13.8 Å². The van der Waals surface area contributed by atoms with Crippen LogP contribution in [0.5, 0.6) is 5.88 Å². The molecule has 1 N–H and O–H groups in total. The maximum absolute atomic E-state index is 14.9. The van der Waals surface area contributed by atoms with Crippen molar-refractivity contribution in [3.63, 3.8) is 0 Å². The zero-order valence-electron chi connectivity index (χ0n) is 14.3. The Balaban J connectivity index is 1.74. The highest BCUT2D eigenvalue weighted by atomic mass is 19.1. The summed E-state index contributed by atoms with van der Waals surface area (Å²) in [6.45, 7) is 3.05. The molecule has 0 aliphatic heterocycles. The number of benzene rings is 1. The largest absolute Gasteiger partial charge is 0.474 e. The molecule has 1 heterocycles. The summed E-state index contributed by atoms with van der Waals surface area (Å²) >= 11 is 0. The van der Waals surface area contributed by atoms with E-state index in [1.807, 2.05) is 0 Å². The van der Waals surface area contributed by atoms with Gasteiger partial charge >= 0.3 is 0 Å². The van der Waals surface area contributed by atoms with Crippen molar-refractivity contribution in [1.82, 2.24) is 4.98 Å². The molecule has 132 valence electrons. The fraction of sp³-hybridized carbons (Fsp3) is 0.450. The van der Waals surface area contributed by atoms with Gasteiger partial charge in [-0.05, 0) is 51.0 Å². The number of ether oxygens (including phenoxy) is 1. The molecule has 2 aliphatic rings. The second kappa shape index (κ2) is 5.77. The van der Waals surface area contributed by atoms with E-state index < -0.39 is 17.2 Å². The molecule has 0 radical (unpaired) electrons. The number of fused-ring (bicyclic) bond motifs is 1. The molecular formula is C20H21F2NO2. The van der Waals surface area contributed by atoms with Crippen LogP contribution in [0.1, 0.15) is 38.7 Å². The van der Waals surface area contributed by atoms with Crippen molar-refractivity contribution in [2.45, 2.75) is 44.8 Å². The van der Waals surface area contributed by atoms with Gasteiger partial charge in [0.05, 0.1) is 5.60 Å². The van der Waals surface area contributed by atoms with Gasteiger partial charge in [-0.15, -0.1) is 0 Å². The highest BCUT2D eigenvalue weighted by Crippen LogP contribution is 2.53. The van der Waals surface area contributed by atoms with Crippen LogP contribution in [0.4, 0.5) is 8.78 Å². The second-order valence-electron chi connectivity index (χ2n) is 7.58. The standard InChI is InChI=1S/C20H21F2NO2/c1-20(2,24)15-10-16(25-19-13-4-3-5-14(13)19)23-18(17(15)22)11-6-8-12(21)9-7-11/h6-10,13-14,19,24H,3-5H2,1-2H3/t13-,14+,19+. The van der Waals surface area contributed by atoms with Crippen LogP contribution in [0, 0.1) is 23.5 Å². The van der Waals surface area contributed by atoms with E-state index >= 15 is 0 Å². The SMILES string of the molecule is CC(C)(O)c1cc(O[C@H]2[C@@H]3CCC[C@@H]32)nc(-c2ccc(F)cc2)c1F. The first kappa shape index (κ1) is 16.5. The van der Waals surface area contributed by atoms with Gasteiger partial charge in [0, 0.05) is 29.0 Å². The summed E-state index contributed by atoms with van der Waals surface area (Å²) in [7, 11) is 0. The molecule has 0 unspecified atom stereocenters. The van der Waals surface area contributed by atoms with Crippen molar-refractivity contribution in [2.24, 2.45) is 11.8 Å². The van der Waals surface area contributed by atoms with Gasteiger partial charge in [-0.3, -0.25) is 0 Å². The normalized spacial score (nSPS) is 24.9. The average Bonchev–Trinajstić information content (AvgIpc) is 2.98. The molecule has 1 aromatic carbocycles. The molecule has 0 bridgehead atoms. The number of halogens is 2. The topological polar surface area (TPSA) is 42.4 Å². The maximum Gasteiger partial charge on any atom is 0.214 e. The smallest absolute Gasteiger partial charge is 0.214 e. The quantitative estimate of drug-likeness (QED) is 0.891. The number of hydrogen-bond donors (Lipinski definition) is 1. The molecule has 3 atom stereocenters. The number of hydrogen-bond acceptors (Lipinski definition) is 3.